The van der Waals surface area contributed by atoms with Crippen LogP contribution in [0.5, 0.6) is 0 Å². The van der Waals surface area contributed by atoms with Crippen molar-refractivity contribution in [2.45, 2.75) is 214 Å². The number of carboxylic acid groups (broad SMARTS) is 1. The van der Waals surface area contributed by atoms with Gasteiger partial charge < -0.3 is 5.11 Å². The third-order valence-electron chi connectivity index (χ3n) is 14.9. The third kappa shape index (κ3) is 11.1. The van der Waals surface area contributed by atoms with E-state index in [-0.39, 0.29) is 0 Å². The number of carbonyl (C=O) groups is 1. The van der Waals surface area contributed by atoms with E-state index in [0.29, 0.717) is 17.3 Å². The minimum absolute atomic E-state index is 0.345. The molecule has 4 aliphatic carbocycles. The molecule has 0 bridgehead atoms. The second-order valence-electron chi connectivity index (χ2n) is 18.6. The maximum Gasteiger partial charge on any atom is 0.303 e. The molecule has 0 radical (unpaired) electrons. The van der Waals surface area contributed by atoms with Crippen LogP contribution >= 0.6 is 0 Å². The second kappa shape index (κ2) is 19.6. The van der Waals surface area contributed by atoms with Crippen LogP contribution in [0.3, 0.4) is 0 Å². The Morgan fingerprint density at radius 3 is 1.91 bits per heavy atom. The van der Waals surface area contributed by atoms with Crippen LogP contribution in [0.1, 0.15) is 214 Å². The summed E-state index contributed by atoms with van der Waals surface area (Å²) in [7, 11) is 0. The Bertz CT molecular complexity index is 934. The van der Waals surface area contributed by atoms with Gasteiger partial charge in [0.05, 0.1) is 0 Å². The van der Waals surface area contributed by atoms with Crippen molar-refractivity contribution in [3.05, 3.63) is 11.6 Å². The molecule has 0 amide bonds. The number of fused-ring (bicyclic) bond motifs is 5. The standard InChI is InChI=1S/C45H80O2/c1-35(2)22-21-23-36(3)40-28-29-41-39-27-26-38-34-37(30-32-44(38,4)42(39)31-33-45(40,41)5)24-19-17-15-13-11-9-7-6-8-10-12-14-16-18-20-25-43(46)47/h26,35-37,39-42H,6-25,27-34H2,1-5H3,(H,46,47)/t36-,37?,39?,40-,41?,42?,44+,45-/m1/s1. The molecule has 0 saturated heterocycles. The van der Waals surface area contributed by atoms with Gasteiger partial charge in [0.2, 0.25) is 0 Å². The van der Waals surface area contributed by atoms with E-state index >= 15 is 0 Å². The Kier molecular flexibility index (Phi) is 16.2. The summed E-state index contributed by atoms with van der Waals surface area (Å²) >= 11 is 0. The van der Waals surface area contributed by atoms with Gasteiger partial charge in [0, 0.05) is 6.42 Å². The van der Waals surface area contributed by atoms with Crippen LogP contribution in [0.4, 0.5) is 0 Å². The zero-order valence-electron chi connectivity index (χ0n) is 32.3. The molecular formula is C45H80O2. The number of hydrogen-bond acceptors (Lipinski definition) is 1. The molecule has 3 saturated carbocycles. The van der Waals surface area contributed by atoms with E-state index in [1.807, 2.05) is 5.57 Å². The summed E-state index contributed by atoms with van der Waals surface area (Å²) in [5.74, 6) is 6.01. The average Bonchev–Trinajstić information content (AvgIpc) is 3.39. The fourth-order valence-electron chi connectivity index (χ4n) is 12.0. The lowest BCUT2D eigenvalue weighted by atomic mass is 9.46. The molecule has 4 unspecified atom stereocenters. The monoisotopic (exact) mass is 653 g/mol. The highest BCUT2D eigenvalue weighted by Crippen LogP contribution is 2.67. The summed E-state index contributed by atoms with van der Waals surface area (Å²) in [6, 6.07) is 0. The minimum Gasteiger partial charge on any atom is -0.481 e. The molecule has 2 heteroatoms. The number of rotatable bonds is 23. The Morgan fingerprint density at radius 1 is 0.723 bits per heavy atom. The van der Waals surface area contributed by atoms with Crippen LogP contribution in [0.15, 0.2) is 11.6 Å². The first kappa shape index (κ1) is 39.0. The zero-order chi connectivity index (χ0) is 33.7. The van der Waals surface area contributed by atoms with Crippen LogP contribution in [0.2, 0.25) is 0 Å². The topological polar surface area (TPSA) is 37.3 Å². The molecule has 0 aromatic heterocycles. The maximum absolute atomic E-state index is 10.6. The van der Waals surface area contributed by atoms with Crippen LogP contribution in [-0.4, -0.2) is 11.1 Å². The molecule has 47 heavy (non-hydrogen) atoms. The lowest BCUT2D eigenvalue weighted by Gasteiger charge is -2.58. The summed E-state index contributed by atoms with van der Waals surface area (Å²) in [5.41, 5.74) is 3.04. The average molecular weight is 653 g/mol. The van der Waals surface area contributed by atoms with Crippen molar-refractivity contribution in [1.82, 2.24) is 0 Å². The first-order chi connectivity index (χ1) is 22.6. The van der Waals surface area contributed by atoms with Crippen molar-refractivity contribution in [3.63, 3.8) is 0 Å². The van der Waals surface area contributed by atoms with Gasteiger partial charge in [-0.3, -0.25) is 4.79 Å². The number of hydrogen-bond donors (Lipinski definition) is 1. The van der Waals surface area contributed by atoms with Gasteiger partial charge >= 0.3 is 5.97 Å². The highest BCUT2D eigenvalue weighted by atomic mass is 16.4. The SMILES string of the molecule is CC(C)CCC[C@@H](C)[C@H]1CCC2C3CC=C4CC(CCCCCCCCCCCCCCCCCC(=O)O)CC[C@]4(C)C3CC[C@@]21C. The molecule has 0 spiro atoms. The molecule has 0 aliphatic heterocycles. The first-order valence-corrected chi connectivity index (χ1v) is 21.6. The van der Waals surface area contributed by atoms with E-state index in [0.717, 1.165) is 54.3 Å². The molecule has 0 heterocycles. The predicted octanol–water partition coefficient (Wildman–Crippen LogP) is 14.4. The summed E-state index contributed by atoms with van der Waals surface area (Å²) in [6.07, 6.45) is 41.0. The summed E-state index contributed by atoms with van der Waals surface area (Å²) in [4.78, 5) is 10.6. The van der Waals surface area contributed by atoms with Gasteiger partial charge in [-0.25, -0.2) is 0 Å². The van der Waals surface area contributed by atoms with Crippen molar-refractivity contribution >= 4 is 5.97 Å². The van der Waals surface area contributed by atoms with Crippen molar-refractivity contribution in [3.8, 4) is 0 Å². The van der Waals surface area contributed by atoms with E-state index in [1.54, 1.807) is 0 Å². The molecule has 4 rings (SSSR count). The van der Waals surface area contributed by atoms with Gasteiger partial charge in [-0.2, -0.15) is 0 Å². The quantitative estimate of drug-likeness (QED) is 0.0881. The van der Waals surface area contributed by atoms with Gasteiger partial charge in [0.25, 0.3) is 0 Å². The Labute approximate surface area is 293 Å². The van der Waals surface area contributed by atoms with Crippen molar-refractivity contribution in [2.24, 2.45) is 52.3 Å². The molecule has 1 N–H and O–H groups in total. The maximum atomic E-state index is 10.6. The predicted molar refractivity (Wildman–Crippen MR) is 203 cm³/mol. The molecule has 4 aliphatic rings. The summed E-state index contributed by atoms with van der Waals surface area (Å²) < 4.78 is 0. The Hall–Kier alpha value is -0.790. The van der Waals surface area contributed by atoms with E-state index in [2.05, 4.69) is 40.7 Å². The summed E-state index contributed by atoms with van der Waals surface area (Å²) in [5, 5.41) is 8.70. The van der Waals surface area contributed by atoms with Crippen molar-refractivity contribution in [1.29, 1.82) is 0 Å². The molecule has 0 aromatic carbocycles. The Balaban J connectivity index is 1.06. The van der Waals surface area contributed by atoms with Crippen LogP contribution in [0, 0.1) is 52.3 Å². The number of carboxylic acids is 1. The summed E-state index contributed by atoms with van der Waals surface area (Å²) in [6.45, 7) is 12.9. The molecule has 0 aromatic rings. The van der Waals surface area contributed by atoms with Gasteiger partial charge in [0.1, 0.15) is 0 Å². The fraction of sp³-hybridized carbons (Fsp3) is 0.933. The van der Waals surface area contributed by atoms with Gasteiger partial charge in [-0.05, 0) is 110 Å². The normalized spacial score (nSPS) is 32.5. The lowest BCUT2D eigenvalue weighted by Crippen LogP contribution is -2.50. The van der Waals surface area contributed by atoms with Crippen LogP contribution < -0.4 is 0 Å². The zero-order valence-corrected chi connectivity index (χ0v) is 32.3. The van der Waals surface area contributed by atoms with Gasteiger partial charge in [-0.15, -0.1) is 0 Å². The largest absolute Gasteiger partial charge is 0.481 e. The molecular weight excluding hydrogens is 572 g/mol. The van der Waals surface area contributed by atoms with Crippen LogP contribution in [-0.2, 0) is 4.79 Å². The number of aliphatic carboxylic acids is 1. The minimum atomic E-state index is -0.646. The van der Waals surface area contributed by atoms with E-state index in [4.69, 9.17) is 5.11 Å². The van der Waals surface area contributed by atoms with E-state index < -0.39 is 5.97 Å². The lowest BCUT2D eigenvalue weighted by molar-refractivity contribution is -0.137. The second-order valence-corrected chi connectivity index (χ2v) is 18.6. The highest BCUT2D eigenvalue weighted by Gasteiger charge is 2.59. The van der Waals surface area contributed by atoms with Crippen LogP contribution in [0.25, 0.3) is 0 Å². The third-order valence-corrected chi connectivity index (χ3v) is 14.9. The molecule has 2 nitrogen and oxygen atoms in total. The first-order valence-electron chi connectivity index (χ1n) is 21.6. The van der Waals surface area contributed by atoms with Crippen molar-refractivity contribution in [2.75, 3.05) is 0 Å². The number of allylic oxidation sites excluding steroid dienone is 2. The van der Waals surface area contributed by atoms with E-state index in [9.17, 15) is 4.79 Å². The fourth-order valence-corrected chi connectivity index (χ4v) is 12.0. The molecule has 3 fully saturated rings. The Morgan fingerprint density at radius 2 is 1.32 bits per heavy atom. The molecule has 272 valence electrons. The smallest absolute Gasteiger partial charge is 0.303 e. The van der Waals surface area contributed by atoms with Gasteiger partial charge in [0.15, 0.2) is 0 Å². The highest BCUT2D eigenvalue weighted by molar-refractivity contribution is 5.66. The van der Waals surface area contributed by atoms with E-state index in [1.165, 1.54) is 161 Å². The van der Waals surface area contributed by atoms with Crippen molar-refractivity contribution < 1.29 is 9.90 Å². The van der Waals surface area contributed by atoms with Gasteiger partial charge in [-0.1, -0.05) is 162 Å². The molecule has 8 atom stereocenters. The number of unbranched alkanes of at least 4 members (excludes halogenated alkanes) is 14.